The molecule has 3 atom stereocenters. The fourth-order valence-corrected chi connectivity index (χ4v) is 3.06. The summed E-state index contributed by atoms with van der Waals surface area (Å²) in [5.74, 6) is 0.103. The molecule has 0 spiro atoms. The van der Waals surface area contributed by atoms with Crippen molar-refractivity contribution in [3.05, 3.63) is 35.4 Å². The molecule has 2 aliphatic carbocycles. The highest BCUT2D eigenvalue weighted by Crippen LogP contribution is 2.35. The van der Waals surface area contributed by atoms with Crippen LogP contribution in [0.2, 0.25) is 0 Å². The van der Waals surface area contributed by atoms with E-state index in [-0.39, 0.29) is 23.8 Å². The predicted molar refractivity (Wildman–Crippen MR) is 67.8 cm³/mol. The first-order valence-corrected chi connectivity index (χ1v) is 6.57. The quantitative estimate of drug-likeness (QED) is 0.861. The lowest BCUT2D eigenvalue weighted by Gasteiger charge is -2.30. The van der Waals surface area contributed by atoms with Crippen LogP contribution in [0.4, 0.5) is 0 Å². The van der Waals surface area contributed by atoms with Crippen LogP contribution in [0.3, 0.4) is 0 Å². The standard InChI is InChI=1S/C15H16N2O/c16-9-11-5-3-7-14(11)17-15(18)13-8-10-4-1-2-6-12(10)13/h1-2,4,6,11,13-14H,3,5,7-8H2,(H,17,18). The van der Waals surface area contributed by atoms with Crippen LogP contribution in [0, 0.1) is 17.2 Å². The third kappa shape index (κ3) is 1.78. The maximum absolute atomic E-state index is 12.2. The fraction of sp³-hybridized carbons (Fsp3) is 0.467. The maximum Gasteiger partial charge on any atom is 0.228 e. The molecule has 1 aromatic rings. The van der Waals surface area contributed by atoms with E-state index in [1.165, 1.54) is 5.56 Å². The third-order valence-corrected chi connectivity index (χ3v) is 4.18. The normalized spacial score (nSPS) is 28.9. The van der Waals surface area contributed by atoms with Crippen molar-refractivity contribution in [3.8, 4) is 6.07 Å². The van der Waals surface area contributed by atoms with Crippen LogP contribution in [0.25, 0.3) is 0 Å². The molecule has 3 unspecified atom stereocenters. The van der Waals surface area contributed by atoms with Gasteiger partial charge in [-0.3, -0.25) is 4.79 Å². The average Bonchev–Trinajstić information content (AvgIpc) is 2.78. The number of nitrogens with zero attached hydrogens (tertiary/aromatic N) is 1. The van der Waals surface area contributed by atoms with Crippen LogP contribution in [-0.4, -0.2) is 11.9 Å². The minimum absolute atomic E-state index is 0.00106. The summed E-state index contributed by atoms with van der Waals surface area (Å²) in [6.07, 6.45) is 3.75. The molecule has 1 fully saturated rings. The molecule has 0 radical (unpaired) electrons. The summed E-state index contributed by atoms with van der Waals surface area (Å²) in [7, 11) is 0. The van der Waals surface area contributed by atoms with E-state index in [0.717, 1.165) is 31.2 Å². The topological polar surface area (TPSA) is 52.9 Å². The first-order chi connectivity index (χ1) is 8.79. The van der Waals surface area contributed by atoms with Gasteiger partial charge in [0, 0.05) is 6.04 Å². The van der Waals surface area contributed by atoms with Crippen molar-refractivity contribution in [3.63, 3.8) is 0 Å². The second-order valence-electron chi connectivity index (χ2n) is 5.24. The van der Waals surface area contributed by atoms with E-state index >= 15 is 0 Å². The number of hydrogen-bond acceptors (Lipinski definition) is 2. The highest BCUT2D eigenvalue weighted by atomic mass is 16.2. The van der Waals surface area contributed by atoms with Crippen molar-refractivity contribution in [2.24, 2.45) is 5.92 Å². The summed E-state index contributed by atoms with van der Waals surface area (Å²) < 4.78 is 0. The summed E-state index contributed by atoms with van der Waals surface area (Å²) in [5, 5.41) is 12.1. The van der Waals surface area contributed by atoms with Crippen molar-refractivity contribution in [2.45, 2.75) is 37.6 Å². The lowest BCUT2D eigenvalue weighted by Crippen LogP contribution is -2.42. The predicted octanol–water partition coefficient (Wildman–Crippen LogP) is 2.13. The molecule has 2 aliphatic rings. The molecule has 3 nitrogen and oxygen atoms in total. The number of nitriles is 1. The fourth-order valence-electron chi connectivity index (χ4n) is 3.06. The SMILES string of the molecule is N#CC1CCCC1NC(=O)C1Cc2ccccc21. The van der Waals surface area contributed by atoms with Crippen molar-refractivity contribution in [1.29, 1.82) is 5.26 Å². The molecule has 0 bridgehead atoms. The summed E-state index contributed by atoms with van der Waals surface area (Å²) in [4.78, 5) is 12.2. The molecule has 0 aromatic heterocycles. The highest BCUT2D eigenvalue weighted by Gasteiger charge is 2.35. The van der Waals surface area contributed by atoms with Gasteiger partial charge in [-0.1, -0.05) is 24.3 Å². The van der Waals surface area contributed by atoms with Crippen molar-refractivity contribution in [2.75, 3.05) is 0 Å². The number of carbonyl (C=O) groups is 1. The molecule has 0 heterocycles. The smallest absolute Gasteiger partial charge is 0.228 e. The lowest BCUT2D eigenvalue weighted by molar-refractivity contribution is -0.123. The van der Waals surface area contributed by atoms with Gasteiger partial charge in [0.25, 0.3) is 0 Å². The number of hydrogen-bond donors (Lipinski definition) is 1. The van der Waals surface area contributed by atoms with Crippen molar-refractivity contribution < 1.29 is 4.79 Å². The van der Waals surface area contributed by atoms with Crippen LogP contribution in [0.5, 0.6) is 0 Å². The zero-order chi connectivity index (χ0) is 12.5. The second kappa shape index (κ2) is 4.45. The summed E-state index contributed by atoms with van der Waals surface area (Å²) in [6, 6.07) is 10.5. The Balaban J connectivity index is 1.66. The molecule has 3 heteroatoms. The van der Waals surface area contributed by atoms with E-state index in [1.54, 1.807) is 0 Å². The van der Waals surface area contributed by atoms with E-state index in [9.17, 15) is 4.79 Å². The van der Waals surface area contributed by atoms with Crippen LogP contribution in [0.15, 0.2) is 24.3 Å². The Kier molecular flexibility index (Phi) is 2.79. The average molecular weight is 240 g/mol. The minimum atomic E-state index is 0.00106. The Hall–Kier alpha value is -1.82. The van der Waals surface area contributed by atoms with Gasteiger partial charge in [0.05, 0.1) is 17.9 Å². The Bertz CT molecular complexity index is 517. The van der Waals surface area contributed by atoms with Crippen LogP contribution in [-0.2, 0) is 11.2 Å². The minimum Gasteiger partial charge on any atom is -0.352 e. The molecular formula is C15H16N2O. The van der Waals surface area contributed by atoms with Gasteiger partial charge in [0.1, 0.15) is 0 Å². The van der Waals surface area contributed by atoms with Gasteiger partial charge in [-0.15, -0.1) is 0 Å². The van der Waals surface area contributed by atoms with Gasteiger partial charge in [0.2, 0.25) is 5.91 Å². The zero-order valence-corrected chi connectivity index (χ0v) is 10.2. The summed E-state index contributed by atoms with van der Waals surface area (Å²) >= 11 is 0. The molecule has 1 N–H and O–H groups in total. The van der Waals surface area contributed by atoms with Gasteiger partial charge in [-0.05, 0) is 36.8 Å². The Labute approximate surface area is 107 Å². The zero-order valence-electron chi connectivity index (χ0n) is 10.2. The van der Waals surface area contributed by atoms with Gasteiger partial charge >= 0.3 is 0 Å². The number of benzene rings is 1. The van der Waals surface area contributed by atoms with E-state index in [0.29, 0.717) is 0 Å². The van der Waals surface area contributed by atoms with Crippen molar-refractivity contribution in [1.82, 2.24) is 5.32 Å². The lowest BCUT2D eigenvalue weighted by atomic mass is 9.77. The Morgan fingerprint density at radius 3 is 2.94 bits per heavy atom. The van der Waals surface area contributed by atoms with E-state index in [4.69, 9.17) is 5.26 Å². The van der Waals surface area contributed by atoms with Gasteiger partial charge in [-0.2, -0.15) is 5.26 Å². The number of nitrogens with one attached hydrogen (secondary N) is 1. The summed E-state index contributed by atoms with van der Waals surface area (Å²) in [5.41, 5.74) is 2.43. The molecule has 1 saturated carbocycles. The Morgan fingerprint density at radius 2 is 2.17 bits per heavy atom. The van der Waals surface area contributed by atoms with E-state index in [2.05, 4.69) is 17.5 Å². The van der Waals surface area contributed by atoms with Crippen LogP contribution in [0.1, 0.15) is 36.3 Å². The van der Waals surface area contributed by atoms with Crippen LogP contribution >= 0.6 is 0 Å². The number of amides is 1. The molecular weight excluding hydrogens is 224 g/mol. The molecule has 3 rings (SSSR count). The molecule has 1 aromatic carbocycles. The van der Waals surface area contributed by atoms with Gasteiger partial charge < -0.3 is 5.32 Å². The molecule has 92 valence electrons. The Morgan fingerprint density at radius 1 is 1.33 bits per heavy atom. The second-order valence-corrected chi connectivity index (χ2v) is 5.24. The maximum atomic E-state index is 12.2. The van der Waals surface area contributed by atoms with Crippen LogP contribution < -0.4 is 5.32 Å². The third-order valence-electron chi connectivity index (χ3n) is 4.18. The van der Waals surface area contributed by atoms with Gasteiger partial charge in [0.15, 0.2) is 0 Å². The van der Waals surface area contributed by atoms with Crippen molar-refractivity contribution >= 4 is 5.91 Å². The largest absolute Gasteiger partial charge is 0.352 e. The van der Waals surface area contributed by atoms with E-state index in [1.807, 2.05) is 18.2 Å². The first kappa shape index (κ1) is 11.3. The summed E-state index contributed by atoms with van der Waals surface area (Å²) in [6.45, 7) is 0. The molecule has 18 heavy (non-hydrogen) atoms. The number of rotatable bonds is 2. The number of fused-ring (bicyclic) bond motifs is 1. The molecule has 0 saturated heterocycles. The molecule has 1 amide bonds. The monoisotopic (exact) mass is 240 g/mol. The highest BCUT2D eigenvalue weighted by molar-refractivity contribution is 5.87. The van der Waals surface area contributed by atoms with E-state index < -0.39 is 0 Å². The molecule has 0 aliphatic heterocycles. The van der Waals surface area contributed by atoms with Gasteiger partial charge in [-0.25, -0.2) is 0 Å². The number of carbonyl (C=O) groups excluding carboxylic acids is 1. The first-order valence-electron chi connectivity index (χ1n) is 6.57.